The van der Waals surface area contributed by atoms with Crippen LogP contribution in [0.3, 0.4) is 0 Å². The van der Waals surface area contributed by atoms with Crippen molar-refractivity contribution in [2.75, 3.05) is 33.3 Å². The first-order chi connectivity index (χ1) is 14.7. The van der Waals surface area contributed by atoms with Gasteiger partial charge in [-0.25, -0.2) is 8.42 Å². The molecule has 0 aliphatic carbocycles. The molecule has 2 aromatic rings. The van der Waals surface area contributed by atoms with Gasteiger partial charge in [-0.15, -0.1) is 0 Å². The molecule has 9 nitrogen and oxygen atoms in total. The lowest BCUT2D eigenvalue weighted by Crippen LogP contribution is -2.66. The van der Waals surface area contributed by atoms with Crippen LogP contribution in [0.5, 0.6) is 0 Å². The summed E-state index contributed by atoms with van der Waals surface area (Å²) >= 11 is 0. The number of rotatable bonds is 7. The Morgan fingerprint density at radius 3 is 1.81 bits per heavy atom. The lowest BCUT2D eigenvalue weighted by Gasteiger charge is -2.46. The summed E-state index contributed by atoms with van der Waals surface area (Å²) in [6.07, 6.45) is -1.22. The van der Waals surface area contributed by atoms with E-state index in [9.17, 15) is 31.6 Å². The van der Waals surface area contributed by atoms with Crippen LogP contribution in [0.1, 0.15) is 11.1 Å². The van der Waals surface area contributed by atoms with Crippen molar-refractivity contribution in [3.8, 4) is 0 Å². The van der Waals surface area contributed by atoms with E-state index in [4.69, 9.17) is 4.18 Å². The van der Waals surface area contributed by atoms with Gasteiger partial charge in [0.2, 0.25) is 0 Å². The van der Waals surface area contributed by atoms with Crippen molar-refractivity contribution in [3.05, 3.63) is 59.7 Å². The number of benzene rings is 2. The van der Waals surface area contributed by atoms with Crippen LogP contribution in [0, 0.1) is 13.8 Å². The molecular formula is C21H29NO8S2. The Balaban J connectivity index is 0.000000278. The van der Waals surface area contributed by atoms with E-state index in [0.717, 1.165) is 11.1 Å². The number of aliphatic hydroxyl groups excluding tert-OH is 2. The van der Waals surface area contributed by atoms with E-state index < -0.39 is 26.3 Å². The highest BCUT2D eigenvalue weighted by Gasteiger charge is 2.40. The van der Waals surface area contributed by atoms with Crippen LogP contribution < -0.4 is 0 Å². The minimum Gasteiger partial charge on any atom is -0.744 e. The first-order valence-corrected chi connectivity index (χ1v) is 12.7. The maximum absolute atomic E-state index is 12.0. The van der Waals surface area contributed by atoms with Gasteiger partial charge in [-0.2, -0.15) is 8.42 Å². The molecule has 2 aromatic carbocycles. The van der Waals surface area contributed by atoms with E-state index in [1.807, 2.05) is 20.9 Å². The van der Waals surface area contributed by atoms with Gasteiger partial charge in [0.25, 0.3) is 10.1 Å². The second-order valence-corrected chi connectivity index (χ2v) is 11.3. The topological polar surface area (TPSA) is 141 Å². The lowest BCUT2D eigenvalue weighted by atomic mass is 10.1. The van der Waals surface area contributed by atoms with Crippen LogP contribution in [-0.2, 0) is 24.4 Å². The van der Waals surface area contributed by atoms with Crippen molar-refractivity contribution in [2.24, 2.45) is 0 Å². The zero-order chi connectivity index (χ0) is 24.2. The third-order valence-electron chi connectivity index (χ3n) is 4.99. The lowest BCUT2D eigenvalue weighted by molar-refractivity contribution is -0.957. The Morgan fingerprint density at radius 2 is 1.41 bits per heavy atom. The van der Waals surface area contributed by atoms with Gasteiger partial charge in [0, 0.05) is 0 Å². The monoisotopic (exact) mass is 487 g/mol. The van der Waals surface area contributed by atoms with Crippen molar-refractivity contribution in [1.82, 2.24) is 0 Å². The molecular weight excluding hydrogens is 458 g/mol. The zero-order valence-corrected chi connectivity index (χ0v) is 19.8. The molecule has 1 atom stereocenters. The highest BCUT2D eigenvalue weighted by Crippen LogP contribution is 2.19. The van der Waals surface area contributed by atoms with Crippen molar-refractivity contribution in [2.45, 2.75) is 35.8 Å². The van der Waals surface area contributed by atoms with Gasteiger partial charge in [-0.05, 0) is 38.1 Å². The number of likely N-dealkylation sites (N-methyl/N-ethyl adjacent to an activating group) is 1. The summed E-state index contributed by atoms with van der Waals surface area (Å²) in [6.45, 7) is 4.91. The molecule has 1 saturated heterocycles. The number of aliphatic hydroxyl groups is 2. The van der Waals surface area contributed by atoms with Gasteiger partial charge in [-0.1, -0.05) is 35.4 Å². The molecule has 0 radical (unpaired) electrons. The molecule has 11 heteroatoms. The van der Waals surface area contributed by atoms with E-state index in [1.165, 1.54) is 24.3 Å². The second-order valence-electron chi connectivity index (χ2n) is 8.29. The molecule has 1 aliphatic heterocycles. The normalized spacial score (nSPS) is 21.8. The fourth-order valence-corrected chi connectivity index (χ4v) is 4.73. The predicted molar refractivity (Wildman–Crippen MR) is 116 cm³/mol. The summed E-state index contributed by atoms with van der Waals surface area (Å²) in [6, 6.07) is 12.1. The zero-order valence-electron chi connectivity index (χ0n) is 18.2. The Hall–Kier alpha value is -1.86. The third-order valence-corrected chi connectivity index (χ3v) is 7.13. The summed E-state index contributed by atoms with van der Waals surface area (Å²) in [5, 5.41) is 19.2. The number of quaternary nitrogens is 1. The largest absolute Gasteiger partial charge is 0.744 e. The number of aryl methyl sites for hydroxylation is 2. The number of likely N-dealkylation sites (tertiary alicyclic amines) is 1. The molecule has 1 unspecified atom stereocenters. The fraction of sp³-hybridized carbons (Fsp3) is 0.429. The highest BCUT2D eigenvalue weighted by molar-refractivity contribution is 7.86. The van der Waals surface area contributed by atoms with Crippen molar-refractivity contribution >= 4 is 20.2 Å². The Morgan fingerprint density at radius 1 is 0.969 bits per heavy atom. The first kappa shape index (κ1) is 26.4. The van der Waals surface area contributed by atoms with Crippen LogP contribution in [-0.4, -0.2) is 81.6 Å². The average Bonchev–Trinajstić information content (AvgIpc) is 2.66. The summed E-state index contributed by atoms with van der Waals surface area (Å²) in [5.41, 5.74) is 1.89. The van der Waals surface area contributed by atoms with E-state index in [1.54, 1.807) is 24.3 Å². The molecule has 1 fully saturated rings. The Bertz CT molecular complexity index is 1090. The van der Waals surface area contributed by atoms with E-state index in [2.05, 4.69) is 0 Å². The third kappa shape index (κ3) is 7.93. The molecule has 3 rings (SSSR count). The number of nitrogens with zero attached hydrogens (tertiary/aromatic N) is 1. The van der Waals surface area contributed by atoms with Gasteiger partial charge < -0.3 is 19.2 Å². The maximum Gasteiger partial charge on any atom is 0.297 e. The highest BCUT2D eigenvalue weighted by atomic mass is 32.2. The Kier molecular flexibility index (Phi) is 8.56. The Labute approximate surface area is 189 Å². The average molecular weight is 488 g/mol. The summed E-state index contributed by atoms with van der Waals surface area (Å²) < 4.78 is 60.5. The second kappa shape index (κ2) is 10.4. The molecule has 0 bridgehead atoms. The fourth-order valence-electron chi connectivity index (χ4n) is 3.32. The van der Waals surface area contributed by atoms with Crippen LogP contribution in [0.15, 0.2) is 58.3 Å². The summed E-state index contributed by atoms with van der Waals surface area (Å²) in [7, 11) is -6.21. The minimum atomic E-state index is -4.27. The van der Waals surface area contributed by atoms with Crippen molar-refractivity contribution < 1.29 is 40.3 Å². The molecule has 178 valence electrons. The van der Waals surface area contributed by atoms with Crippen LogP contribution in [0.25, 0.3) is 0 Å². The molecule has 1 aliphatic rings. The minimum absolute atomic E-state index is 0.0834. The van der Waals surface area contributed by atoms with Gasteiger partial charge >= 0.3 is 0 Å². The van der Waals surface area contributed by atoms with E-state index in [0.29, 0.717) is 24.1 Å². The number of hydrogen-bond donors (Lipinski definition) is 2. The maximum atomic E-state index is 12.0. The standard InChI is InChI=1S/C14H22NO5S.C7H8O3S/c1-11-3-5-14(6-4-11)21(18,19)20-10-13(17)9-15(2)7-12(16)8-15;1-6-2-4-7(5-3-6)11(8,9)10/h3-6,12-13,16-17H,7-10H2,1-2H3;2-5H,1H3,(H,8,9,10)/q+1;/p-1. The van der Waals surface area contributed by atoms with Crippen LogP contribution >= 0.6 is 0 Å². The predicted octanol–water partition coefficient (Wildman–Crippen LogP) is 0.781. The van der Waals surface area contributed by atoms with Gasteiger partial charge in [0.1, 0.15) is 35.9 Å². The molecule has 1 heterocycles. The SMILES string of the molecule is Cc1ccc(S(=O)(=O)OCC(O)C[N+]2(C)CC(O)C2)cc1.Cc1ccc(S(=O)(=O)[O-])cc1. The molecule has 2 N–H and O–H groups in total. The van der Waals surface area contributed by atoms with E-state index in [-0.39, 0.29) is 22.5 Å². The summed E-state index contributed by atoms with van der Waals surface area (Å²) in [5.74, 6) is 0. The van der Waals surface area contributed by atoms with Gasteiger partial charge in [0.15, 0.2) is 6.10 Å². The molecule has 0 aromatic heterocycles. The summed E-state index contributed by atoms with van der Waals surface area (Å²) in [4.78, 5) is -0.0943. The van der Waals surface area contributed by atoms with Crippen LogP contribution in [0.4, 0.5) is 0 Å². The van der Waals surface area contributed by atoms with Crippen LogP contribution in [0.2, 0.25) is 0 Å². The van der Waals surface area contributed by atoms with Crippen molar-refractivity contribution in [1.29, 1.82) is 0 Å². The van der Waals surface area contributed by atoms with E-state index >= 15 is 0 Å². The van der Waals surface area contributed by atoms with Gasteiger partial charge in [-0.3, -0.25) is 4.18 Å². The molecule has 0 saturated carbocycles. The first-order valence-electron chi connectivity index (χ1n) is 9.88. The molecule has 32 heavy (non-hydrogen) atoms. The molecule has 0 spiro atoms. The number of hydrogen-bond acceptors (Lipinski definition) is 8. The van der Waals surface area contributed by atoms with Crippen molar-refractivity contribution in [3.63, 3.8) is 0 Å². The quantitative estimate of drug-likeness (QED) is 0.332. The smallest absolute Gasteiger partial charge is 0.297 e. The van der Waals surface area contributed by atoms with Gasteiger partial charge in [0.05, 0.1) is 23.4 Å². The molecule has 0 amide bonds.